The summed E-state index contributed by atoms with van der Waals surface area (Å²) >= 11 is 0. The lowest BCUT2D eigenvalue weighted by atomic mass is 9.86. The largest absolute Gasteiger partial charge is 0.509 e. The van der Waals surface area contributed by atoms with Crippen molar-refractivity contribution >= 4 is 6.16 Å². The fourth-order valence-corrected chi connectivity index (χ4v) is 2.99. The van der Waals surface area contributed by atoms with Crippen LogP contribution in [0.5, 0.6) is 11.5 Å². The number of cyclic esters (lactones) is 2. The Morgan fingerprint density at radius 2 is 1.74 bits per heavy atom. The average Bonchev–Trinajstić information content (AvgIpc) is 2.85. The number of ether oxygens (including phenoxy) is 4. The van der Waals surface area contributed by atoms with Crippen LogP contribution in [-0.4, -0.2) is 25.0 Å². The molecule has 5 nitrogen and oxygen atoms in total. The van der Waals surface area contributed by atoms with Gasteiger partial charge in [0.15, 0.2) is 5.60 Å². The number of carbonyl (C=O) groups excluding carboxylic acids is 1. The Morgan fingerprint density at radius 1 is 1.17 bits per heavy atom. The van der Waals surface area contributed by atoms with Gasteiger partial charge >= 0.3 is 6.16 Å². The minimum absolute atomic E-state index is 0.378. The van der Waals surface area contributed by atoms with Crippen LogP contribution in [0.2, 0.25) is 0 Å². The van der Waals surface area contributed by atoms with E-state index in [-0.39, 0.29) is 0 Å². The van der Waals surface area contributed by atoms with Crippen molar-refractivity contribution in [1.29, 1.82) is 0 Å². The predicted octanol–water partition coefficient (Wildman–Crippen LogP) is 4.46. The summed E-state index contributed by atoms with van der Waals surface area (Å²) in [7, 11) is 1.61. The van der Waals surface area contributed by atoms with Gasteiger partial charge in [0.05, 0.1) is 7.11 Å². The molecule has 5 heteroatoms. The second-order valence-corrected chi connectivity index (χ2v) is 5.66. The third-order valence-electron chi connectivity index (χ3n) is 3.93. The molecule has 126 valence electrons. The predicted molar refractivity (Wildman–Crippen MR) is 86.7 cm³/mol. The second-order valence-electron chi connectivity index (χ2n) is 5.66. The van der Waals surface area contributed by atoms with E-state index in [0.29, 0.717) is 24.4 Å². The third kappa shape index (κ3) is 3.78. The molecular weight excluding hydrogens is 296 g/mol. The van der Waals surface area contributed by atoms with E-state index in [0.717, 1.165) is 18.6 Å². The monoisotopic (exact) mass is 320 g/mol. The molecule has 1 atom stereocenters. The molecule has 0 saturated carbocycles. The van der Waals surface area contributed by atoms with Gasteiger partial charge in [-0.25, -0.2) is 4.79 Å². The van der Waals surface area contributed by atoms with Gasteiger partial charge in [-0.05, 0) is 37.1 Å². The molecule has 0 aromatic heterocycles. The Morgan fingerprint density at radius 3 is 2.26 bits per heavy atom. The minimum atomic E-state index is -0.690. The molecule has 1 unspecified atom stereocenters. The first-order valence-corrected chi connectivity index (χ1v) is 7.95. The van der Waals surface area contributed by atoms with E-state index in [2.05, 4.69) is 6.58 Å². The summed E-state index contributed by atoms with van der Waals surface area (Å²) < 4.78 is 21.8. The summed E-state index contributed by atoms with van der Waals surface area (Å²) in [6.45, 7) is 8.06. The second kappa shape index (κ2) is 7.40. The molecule has 2 rings (SSSR count). The van der Waals surface area contributed by atoms with Crippen LogP contribution < -0.4 is 9.47 Å². The van der Waals surface area contributed by atoms with Crippen molar-refractivity contribution in [3.8, 4) is 11.5 Å². The highest BCUT2D eigenvalue weighted by atomic mass is 16.8. The molecule has 1 fully saturated rings. The lowest BCUT2D eigenvalue weighted by molar-refractivity contribution is 0.0127. The standard InChI is InChI=1S/C18H24O5/c1-5-11-18(12-6-2)16(22-17(19)23-18)13(3)21-15-9-7-14(20-4)8-10-15/h7-10,16H,3,5-6,11-12H2,1-2,4H3. The number of hydrogen-bond donors (Lipinski definition) is 0. The van der Waals surface area contributed by atoms with E-state index in [4.69, 9.17) is 18.9 Å². The number of methoxy groups -OCH3 is 1. The topological polar surface area (TPSA) is 54.0 Å². The third-order valence-corrected chi connectivity index (χ3v) is 3.93. The van der Waals surface area contributed by atoms with Crippen molar-refractivity contribution < 1.29 is 23.7 Å². The smallest absolute Gasteiger partial charge is 0.497 e. The highest BCUT2D eigenvalue weighted by Crippen LogP contribution is 2.39. The maximum Gasteiger partial charge on any atom is 0.509 e. The lowest BCUT2D eigenvalue weighted by Gasteiger charge is -2.31. The molecule has 0 radical (unpaired) electrons. The number of benzene rings is 1. The first kappa shape index (κ1) is 17.2. The van der Waals surface area contributed by atoms with Crippen molar-refractivity contribution in [2.75, 3.05) is 7.11 Å². The SMILES string of the molecule is C=C(Oc1ccc(OC)cc1)C1OC(=O)OC1(CCC)CCC. The molecule has 1 aromatic rings. The molecule has 1 aliphatic heterocycles. The van der Waals surface area contributed by atoms with E-state index < -0.39 is 17.9 Å². The lowest BCUT2D eigenvalue weighted by Crippen LogP contribution is -2.41. The maximum absolute atomic E-state index is 11.7. The zero-order valence-corrected chi connectivity index (χ0v) is 14.0. The molecule has 1 aliphatic rings. The van der Waals surface area contributed by atoms with Crippen LogP contribution in [0.1, 0.15) is 39.5 Å². The number of hydrogen-bond acceptors (Lipinski definition) is 5. The van der Waals surface area contributed by atoms with E-state index >= 15 is 0 Å². The van der Waals surface area contributed by atoms with Crippen molar-refractivity contribution in [2.24, 2.45) is 0 Å². The molecule has 0 bridgehead atoms. The van der Waals surface area contributed by atoms with Crippen LogP contribution in [0.15, 0.2) is 36.6 Å². The van der Waals surface area contributed by atoms with Gasteiger partial charge in [0.25, 0.3) is 0 Å². The Labute approximate surface area is 137 Å². The van der Waals surface area contributed by atoms with Gasteiger partial charge in [0.2, 0.25) is 6.10 Å². The molecule has 1 saturated heterocycles. The van der Waals surface area contributed by atoms with Gasteiger partial charge in [-0.3, -0.25) is 0 Å². The van der Waals surface area contributed by atoms with E-state index in [1.807, 2.05) is 13.8 Å². The van der Waals surface area contributed by atoms with Crippen molar-refractivity contribution in [1.82, 2.24) is 0 Å². The number of carbonyl (C=O) groups is 1. The van der Waals surface area contributed by atoms with E-state index in [1.165, 1.54) is 0 Å². The number of rotatable bonds is 8. The van der Waals surface area contributed by atoms with Gasteiger partial charge in [-0.1, -0.05) is 33.3 Å². The normalized spacial score (nSPS) is 18.9. The van der Waals surface area contributed by atoms with Gasteiger partial charge in [0.1, 0.15) is 17.3 Å². The van der Waals surface area contributed by atoms with E-state index in [1.54, 1.807) is 31.4 Å². The van der Waals surface area contributed by atoms with Crippen LogP contribution in [0.25, 0.3) is 0 Å². The maximum atomic E-state index is 11.7. The Hall–Kier alpha value is -2.17. The Kier molecular flexibility index (Phi) is 5.53. The quantitative estimate of drug-likeness (QED) is 0.523. The molecule has 1 aromatic carbocycles. The summed E-state index contributed by atoms with van der Waals surface area (Å²) in [5, 5.41) is 0. The van der Waals surface area contributed by atoms with E-state index in [9.17, 15) is 4.79 Å². The van der Waals surface area contributed by atoms with Gasteiger partial charge in [0, 0.05) is 0 Å². The molecule has 0 N–H and O–H groups in total. The van der Waals surface area contributed by atoms with Crippen LogP contribution in [0.3, 0.4) is 0 Å². The first-order valence-electron chi connectivity index (χ1n) is 7.95. The van der Waals surface area contributed by atoms with Gasteiger partial charge in [-0.2, -0.15) is 0 Å². The Balaban J connectivity index is 2.15. The fraction of sp³-hybridized carbons (Fsp3) is 0.500. The van der Waals surface area contributed by atoms with Gasteiger partial charge in [-0.15, -0.1) is 0 Å². The summed E-state index contributed by atoms with van der Waals surface area (Å²) in [6.07, 6.45) is 1.92. The van der Waals surface area contributed by atoms with Crippen LogP contribution in [0.4, 0.5) is 4.79 Å². The fourth-order valence-electron chi connectivity index (χ4n) is 2.99. The molecular formula is C18H24O5. The van der Waals surface area contributed by atoms with Crippen molar-refractivity contribution in [3.05, 3.63) is 36.6 Å². The molecule has 1 heterocycles. The summed E-state index contributed by atoms with van der Waals surface area (Å²) in [5.74, 6) is 1.73. The van der Waals surface area contributed by atoms with Crippen LogP contribution >= 0.6 is 0 Å². The summed E-state index contributed by atoms with van der Waals surface area (Å²) in [4.78, 5) is 11.7. The first-order chi connectivity index (χ1) is 11.0. The summed E-state index contributed by atoms with van der Waals surface area (Å²) in [5.41, 5.74) is -0.690. The Bertz CT molecular complexity index is 543. The molecule has 23 heavy (non-hydrogen) atoms. The van der Waals surface area contributed by atoms with Crippen molar-refractivity contribution in [2.45, 2.75) is 51.2 Å². The van der Waals surface area contributed by atoms with Crippen molar-refractivity contribution in [3.63, 3.8) is 0 Å². The average molecular weight is 320 g/mol. The molecule has 0 spiro atoms. The highest BCUT2D eigenvalue weighted by Gasteiger charge is 2.52. The van der Waals surface area contributed by atoms with Gasteiger partial charge < -0.3 is 18.9 Å². The molecule has 0 aliphatic carbocycles. The van der Waals surface area contributed by atoms with Crippen LogP contribution in [0, 0.1) is 0 Å². The highest BCUT2D eigenvalue weighted by molar-refractivity contribution is 5.64. The molecule has 0 amide bonds. The minimum Gasteiger partial charge on any atom is -0.497 e. The summed E-state index contributed by atoms with van der Waals surface area (Å²) in [6, 6.07) is 7.15. The zero-order valence-electron chi connectivity index (χ0n) is 14.0. The van der Waals surface area contributed by atoms with Crippen LogP contribution in [-0.2, 0) is 9.47 Å². The zero-order chi connectivity index (χ0) is 16.9.